The molecule has 0 aliphatic rings. The van der Waals surface area contributed by atoms with Crippen LogP contribution in [0.15, 0.2) is 16.7 Å². The summed E-state index contributed by atoms with van der Waals surface area (Å²) < 4.78 is 4.91. The number of halogens is 1. The molecule has 1 aromatic heterocycles. The first-order valence-corrected chi connectivity index (χ1v) is 4.17. The largest absolute Gasteiger partial charge is 0.354 e. The zero-order valence-electron chi connectivity index (χ0n) is 7.15. The van der Waals surface area contributed by atoms with Crippen molar-refractivity contribution in [2.75, 3.05) is 0 Å². The quantitative estimate of drug-likeness (QED) is 0.538. The first-order chi connectivity index (χ1) is 6.59. The molecule has 0 unspecified atom stereocenters. The van der Waals surface area contributed by atoms with Crippen molar-refractivity contribution >= 4 is 28.3 Å². The number of non-ortho nitro benzene ring substituents is 1. The molecular weight excluding hydrogens is 208 g/mol. The van der Waals surface area contributed by atoms with E-state index < -0.39 is 4.92 Å². The second-order valence-electron chi connectivity index (χ2n) is 2.83. The van der Waals surface area contributed by atoms with E-state index in [-0.39, 0.29) is 10.7 Å². The second-order valence-corrected chi connectivity index (χ2v) is 3.24. The molecule has 0 atom stereocenters. The van der Waals surface area contributed by atoms with Crippen LogP contribution in [0.3, 0.4) is 0 Å². The molecule has 0 aliphatic carbocycles. The molecule has 0 spiro atoms. The molecule has 5 nitrogen and oxygen atoms in total. The van der Waals surface area contributed by atoms with Gasteiger partial charge in [0.2, 0.25) is 0 Å². The summed E-state index contributed by atoms with van der Waals surface area (Å²) in [6, 6.07) is 2.64. The number of fused-ring (bicyclic) bond motifs is 1. The molecule has 14 heavy (non-hydrogen) atoms. The molecule has 0 bridgehead atoms. The van der Waals surface area contributed by atoms with Gasteiger partial charge in [-0.1, -0.05) is 16.8 Å². The highest BCUT2D eigenvalue weighted by molar-refractivity contribution is 6.35. The average Bonchev–Trinajstić information content (AvgIpc) is 2.48. The minimum atomic E-state index is -0.502. The lowest BCUT2D eigenvalue weighted by molar-refractivity contribution is -0.384. The average molecular weight is 213 g/mol. The zero-order valence-corrected chi connectivity index (χ0v) is 7.91. The van der Waals surface area contributed by atoms with Gasteiger partial charge in [-0.25, -0.2) is 0 Å². The first-order valence-electron chi connectivity index (χ1n) is 3.79. The standard InChI is InChI=1S/C8H5ClN2O3/c1-4-6-2-5(11(12)13)3-7(9)8(6)14-10-4/h2-3H,1H3. The molecule has 0 radical (unpaired) electrons. The lowest BCUT2D eigenvalue weighted by Crippen LogP contribution is -1.87. The molecule has 72 valence electrons. The van der Waals surface area contributed by atoms with Crippen molar-refractivity contribution in [2.45, 2.75) is 6.92 Å². The van der Waals surface area contributed by atoms with Crippen LogP contribution in [0.5, 0.6) is 0 Å². The maximum atomic E-state index is 10.5. The Morgan fingerprint density at radius 1 is 1.57 bits per heavy atom. The van der Waals surface area contributed by atoms with Gasteiger partial charge in [-0.3, -0.25) is 10.1 Å². The summed E-state index contributed by atoms with van der Waals surface area (Å²) in [6.07, 6.45) is 0. The molecule has 2 aromatic rings. The number of aryl methyl sites for hydroxylation is 1. The van der Waals surface area contributed by atoms with Crippen LogP contribution >= 0.6 is 11.6 Å². The summed E-state index contributed by atoms with van der Waals surface area (Å²) in [5, 5.41) is 15.0. The number of benzene rings is 1. The summed E-state index contributed by atoms with van der Waals surface area (Å²) >= 11 is 5.78. The van der Waals surface area contributed by atoms with E-state index in [1.165, 1.54) is 12.1 Å². The van der Waals surface area contributed by atoms with Crippen LogP contribution in [0.25, 0.3) is 11.0 Å². The molecular formula is C8H5ClN2O3. The van der Waals surface area contributed by atoms with Gasteiger partial charge >= 0.3 is 0 Å². The fraction of sp³-hybridized carbons (Fsp3) is 0.125. The highest BCUT2D eigenvalue weighted by Gasteiger charge is 2.15. The molecule has 0 saturated carbocycles. The van der Waals surface area contributed by atoms with Crippen molar-refractivity contribution < 1.29 is 9.45 Å². The number of nitro benzene ring substituents is 1. The number of hydrogen-bond donors (Lipinski definition) is 0. The number of hydrogen-bond acceptors (Lipinski definition) is 4. The fourth-order valence-corrected chi connectivity index (χ4v) is 1.46. The van der Waals surface area contributed by atoms with Crippen LogP contribution in [-0.4, -0.2) is 10.1 Å². The summed E-state index contributed by atoms with van der Waals surface area (Å²) in [5.41, 5.74) is 0.911. The van der Waals surface area contributed by atoms with E-state index in [1.54, 1.807) is 6.92 Å². The Kier molecular flexibility index (Phi) is 1.89. The van der Waals surface area contributed by atoms with E-state index in [2.05, 4.69) is 5.16 Å². The molecule has 0 saturated heterocycles. The van der Waals surface area contributed by atoms with Crippen LogP contribution in [0.4, 0.5) is 5.69 Å². The van der Waals surface area contributed by atoms with Gasteiger partial charge in [-0.05, 0) is 6.92 Å². The van der Waals surface area contributed by atoms with Crippen LogP contribution < -0.4 is 0 Å². The summed E-state index contributed by atoms with van der Waals surface area (Å²) in [4.78, 5) is 10.0. The maximum Gasteiger partial charge on any atom is 0.271 e. The van der Waals surface area contributed by atoms with Crippen molar-refractivity contribution in [3.63, 3.8) is 0 Å². The van der Waals surface area contributed by atoms with Crippen molar-refractivity contribution in [1.29, 1.82) is 0 Å². The van der Waals surface area contributed by atoms with Crippen molar-refractivity contribution in [2.24, 2.45) is 0 Å². The third-order valence-electron chi connectivity index (χ3n) is 1.90. The van der Waals surface area contributed by atoms with Crippen molar-refractivity contribution in [1.82, 2.24) is 5.16 Å². The van der Waals surface area contributed by atoms with Crippen molar-refractivity contribution in [3.8, 4) is 0 Å². The molecule has 0 N–H and O–H groups in total. The van der Waals surface area contributed by atoms with E-state index in [0.717, 1.165) is 0 Å². The van der Waals surface area contributed by atoms with Gasteiger partial charge in [0.15, 0.2) is 5.58 Å². The highest BCUT2D eigenvalue weighted by Crippen LogP contribution is 2.30. The van der Waals surface area contributed by atoms with Gasteiger partial charge < -0.3 is 4.52 Å². The van der Waals surface area contributed by atoms with Crippen LogP contribution in [0, 0.1) is 17.0 Å². The zero-order chi connectivity index (χ0) is 10.3. The Hall–Kier alpha value is -1.62. The Balaban J connectivity index is 2.82. The Morgan fingerprint density at radius 3 is 2.93 bits per heavy atom. The third kappa shape index (κ3) is 1.22. The number of nitro groups is 1. The first kappa shape index (κ1) is 8.96. The lowest BCUT2D eigenvalue weighted by Gasteiger charge is -1.93. The summed E-state index contributed by atoms with van der Waals surface area (Å²) in [6.45, 7) is 1.70. The number of rotatable bonds is 1. The van der Waals surface area contributed by atoms with Crippen LogP contribution in [-0.2, 0) is 0 Å². The third-order valence-corrected chi connectivity index (χ3v) is 2.18. The monoisotopic (exact) mass is 212 g/mol. The Labute approximate surface area is 83.4 Å². The highest BCUT2D eigenvalue weighted by atomic mass is 35.5. The lowest BCUT2D eigenvalue weighted by atomic mass is 10.2. The fourth-order valence-electron chi connectivity index (χ4n) is 1.21. The molecule has 0 fully saturated rings. The summed E-state index contributed by atoms with van der Waals surface area (Å²) in [5.74, 6) is 0. The van der Waals surface area contributed by atoms with Crippen molar-refractivity contribution in [3.05, 3.63) is 33.0 Å². The topological polar surface area (TPSA) is 69.2 Å². The predicted molar refractivity (Wildman–Crippen MR) is 50.4 cm³/mol. The SMILES string of the molecule is Cc1noc2c(Cl)cc([N+](=O)[O-])cc12. The molecule has 0 aliphatic heterocycles. The second kappa shape index (κ2) is 2.95. The maximum absolute atomic E-state index is 10.5. The predicted octanol–water partition coefficient (Wildman–Crippen LogP) is 2.70. The van der Waals surface area contributed by atoms with E-state index in [0.29, 0.717) is 16.7 Å². The Morgan fingerprint density at radius 2 is 2.29 bits per heavy atom. The molecule has 2 rings (SSSR count). The van der Waals surface area contributed by atoms with Crippen LogP contribution in [0.2, 0.25) is 5.02 Å². The van der Waals surface area contributed by atoms with Gasteiger partial charge in [0.05, 0.1) is 21.0 Å². The van der Waals surface area contributed by atoms with Crippen LogP contribution in [0.1, 0.15) is 5.69 Å². The van der Waals surface area contributed by atoms with E-state index in [4.69, 9.17) is 16.1 Å². The van der Waals surface area contributed by atoms with E-state index in [9.17, 15) is 10.1 Å². The van der Waals surface area contributed by atoms with E-state index >= 15 is 0 Å². The van der Waals surface area contributed by atoms with Gasteiger partial charge in [0.25, 0.3) is 5.69 Å². The number of nitrogens with zero attached hydrogens (tertiary/aromatic N) is 2. The van der Waals surface area contributed by atoms with Gasteiger partial charge in [0.1, 0.15) is 0 Å². The molecule has 1 aromatic carbocycles. The van der Waals surface area contributed by atoms with Gasteiger partial charge in [-0.2, -0.15) is 0 Å². The molecule has 6 heteroatoms. The number of aromatic nitrogens is 1. The van der Waals surface area contributed by atoms with E-state index in [1.807, 2.05) is 0 Å². The smallest absolute Gasteiger partial charge is 0.271 e. The normalized spacial score (nSPS) is 10.7. The van der Waals surface area contributed by atoms with Gasteiger partial charge in [0, 0.05) is 12.1 Å². The van der Waals surface area contributed by atoms with Gasteiger partial charge in [-0.15, -0.1) is 0 Å². The minimum absolute atomic E-state index is 0.0613. The molecule has 1 heterocycles. The molecule has 0 amide bonds. The summed E-state index contributed by atoms with van der Waals surface area (Å²) in [7, 11) is 0. The minimum Gasteiger partial charge on any atom is -0.354 e. The Bertz CT molecular complexity index is 521.